The molecule has 4 rings (SSSR count). The van der Waals surface area contributed by atoms with E-state index >= 15 is 0 Å². The molecule has 0 atom stereocenters. The van der Waals surface area contributed by atoms with Crippen molar-refractivity contribution in [1.29, 1.82) is 0 Å². The average Bonchev–Trinajstić information content (AvgIpc) is 3.21. The largest absolute Gasteiger partial charge is 0.497 e. The Balaban J connectivity index is 0.00000131. The molecule has 3 heterocycles. The van der Waals surface area contributed by atoms with Gasteiger partial charge in [0.05, 0.1) is 12.6 Å². The van der Waals surface area contributed by atoms with Crippen molar-refractivity contribution >= 4 is 41.5 Å². The molecule has 0 spiro atoms. The number of fused-ring (bicyclic) bond motifs is 1. The van der Waals surface area contributed by atoms with Gasteiger partial charge in [0, 0.05) is 37.5 Å². The van der Waals surface area contributed by atoms with Crippen LogP contribution < -0.4 is 10.1 Å². The van der Waals surface area contributed by atoms with Crippen LogP contribution in [0.3, 0.4) is 0 Å². The number of aromatic nitrogens is 4. The second-order valence-corrected chi connectivity index (χ2v) is 6.16. The van der Waals surface area contributed by atoms with Crippen LogP contribution in [0, 0.1) is 5.92 Å². The minimum absolute atomic E-state index is 0. The van der Waals surface area contributed by atoms with Crippen LogP contribution in [0.5, 0.6) is 5.75 Å². The highest BCUT2D eigenvalue weighted by molar-refractivity contribution is 5.90. The summed E-state index contributed by atoms with van der Waals surface area (Å²) in [5, 5.41) is 4.47. The van der Waals surface area contributed by atoms with Crippen molar-refractivity contribution in [2.75, 3.05) is 32.2 Å². The van der Waals surface area contributed by atoms with Crippen LogP contribution in [0.1, 0.15) is 12.8 Å². The van der Waals surface area contributed by atoms with Gasteiger partial charge in [0.25, 0.3) is 0 Å². The first kappa shape index (κ1) is 21.2. The summed E-state index contributed by atoms with van der Waals surface area (Å²) in [5.41, 5.74) is 0.869. The smallest absolute Gasteiger partial charge is 0.237 e. The van der Waals surface area contributed by atoms with E-state index in [1.54, 1.807) is 19.6 Å². The van der Waals surface area contributed by atoms with Crippen molar-refractivity contribution in [3.05, 3.63) is 36.9 Å². The van der Waals surface area contributed by atoms with E-state index in [9.17, 15) is 0 Å². The van der Waals surface area contributed by atoms with Gasteiger partial charge in [-0.3, -0.25) is 4.57 Å². The summed E-state index contributed by atoms with van der Waals surface area (Å²) in [4.78, 5) is 13.4. The number of imidazole rings is 1. The van der Waals surface area contributed by atoms with Gasteiger partial charge in [0.2, 0.25) is 5.95 Å². The Morgan fingerprint density at radius 1 is 1.22 bits per heavy atom. The summed E-state index contributed by atoms with van der Waals surface area (Å²) in [6.07, 6.45) is 7.41. The highest BCUT2D eigenvalue weighted by Gasteiger charge is 2.16. The highest BCUT2D eigenvalue weighted by atomic mass is 35.5. The molecule has 1 saturated heterocycles. The topological polar surface area (TPSA) is 74.1 Å². The Bertz CT molecular complexity index is 854. The summed E-state index contributed by atoms with van der Waals surface area (Å²) >= 11 is 0. The first-order valence-electron chi connectivity index (χ1n) is 8.49. The summed E-state index contributed by atoms with van der Waals surface area (Å²) < 4.78 is 12.6. The van der Waals surface area contributed by atoms with E-state index < -0.39 is 0 Å². The zero-order chi connectivity index (χ0) is 17.1. The van der Waals surface area contributed by atoms with Crippen LogP contribution in [0.2, 0.25) is 0 Å². The van der Waals surface area contributed by atoms with Gasteiger partial charge in [0.15, 0.2) is 0 Å². The first-order chi connectivity index (χ1) is 12.3. The molecule has 2 aromatic heterocycles. The molecule has 0 radical (unpaired) electrons. The highest BCUT2D eigenvalue weighted by Crippen LogP contribution is 2.27. The van der Waals surface area contributed by atoms with E-state index in [2.05, 4.69) is 15.3 Å². The summed E-state index contributed by atoms with van der Waals surface area (Å²) in [6, 6.07) is 5.84. The number of anilines is 1. The molecule has 0 amide bonds. The first-order valence-corrected chi connectivity index (χ1v) is 8.49. The third kappa shape index (κ3) is 4.80. The Morgan fingerprint density at radius 2 is 2.04 bits per heavy atom. The van der Waals surface area contributed by atoms with Crippen molar-refractivity contribution in [2.24, 2.45) is 5.92 Å². The molecule has 0 saturated carbocycles. The van der Waals surface area contributed by atoms with Crippen molar-refractivity contribution in [3.8, 4) is 11.7 Å². The molecule has 0 bridgehead atoms. The van der Waals surface area contributed by atoms with Crippen LogP contribution in [-0.2, 0) is 4.74 Å². The van der Waals surface area contributed by atoms with Crippen LogP contribution in [0.25, 0.3) is 16.9 Å². The van der Waals surface area contributed by atoms with Crippen molar-refractivity contribution in [2.45, 2.75) is 12.8 Å². The number of hydrogen-bond acceptors (Lipinski definition) is 6. The number of benzene rings is 1. The van der Waals surface area contributed by atoms with Crippen molar-refractivity contribution < 1.29 is 9.47 Å². The van der Waals surface area contributed by atoms with Gasteiger partial charge in [-0.2, -0.15) is 4.98 Å². The molecule has 9 heteroatoms. The van der Waals surface area contributed by atoms with E-state index in [4.69, 9.17) is 14.5 Å². The molecule has 1 aromatic carbocycles. The summed E-state index contributed by atoms with van der Waals surface area (Å²) in [7, 11) is 1.66. The Morgan fingerprint density at radius 3 is 2.74 bits per heavy atom. The molecule has 1 N–H and O–H groups in total. The number of nitrogens with zero attached hydrogens (tertiary/aromatic N) is 4. The average molecular weight is 412 g/mol. The molecule has 1 aliphatic heterocycles. The number of halogens is 2. The van der Waals surface area contributed by atoms with Gasteiger partial charge in [-0.1, -0.05) is 0 Å². The fourth-order valence-electron chi connectivity index (χ4n) is 3.04. The second-order valence-electron chi connectivity index (χ2n) is 6.16. The monoisotopic (exact) mass is 411 g/mol. The SMILES string of the molecule is COc1ccc2nc(-n3ccnc3)nc(NCC3CCOCC3)c2c1.Cl.Cl. The molecule has 27 heavy (non-hydrogen) atoms. The molecule has 7 nitrogen and oxygen atoms in total. The van der Waals surface area contributed by atoms with E-state index in [-0.39, 0.29) is 24.8 Å². The van der Waals surface area contributed by atoms with Crippen LogP contribution >= 0.6 is 24.8 Å². The third-order valence-electron chi connectivity index (χ3n) is 4.53. The lowest BCUT2D eigenvalue weighted by molar-refractivity contribution is 0.0699. The lowest BCUT2D eigenvalue weighted by atomic mass is 10.0. The minimum atomic E-state index is 0. The quantitative estimate of drug-likeness (QED) is 0.692. The number of ether oxygens (including phenoxy) is 2. The van der Waals surface area contributed by atoms with E-state index in [1.807, 2.05) is 29.0 Å². The normalized spacial score (nSPS) is 14.3. The Kier molecular flexibility index (Phi) is 7.65. The minimum Gasteiger partial charge on any atom is -0.497 e. The summed E-state index contributed by atoms with van der Waals surface area (Å²) in [6.45, 7) is 2.55. The van der Waals surface area contributed by atoms with Crippen LogP contribution in [-0.4, -0.2) is 46.4 Å². The predicted octanol–water partition coefficient (Wildman–Crippen LogP) is 3.51. The number of rotatable bonds is 5. The van der Waals surface area contributed by atoms with Gasteiger partial charge >= 0.3 is 0 Å². The predicted molar refractivity (Wildman–Crippen MR) is 110 cm³/mol. The third-order valence-corrected chi connectivity index (χ3v) is 4.53. The maximum atomic E-state index is 5.44. The fraction of sp³-hybridized carbons (Fsp3) is 0.389. The van der Waals surface area contributed by atoms with Crippen LogP contribution in [0.15, 0.2) is 36.9 Å². The molecule has 0 unspecified atom stereocenters. The Hall–Kier alpha value is -2.09. The van der Waals surface area contributed by atoms with Crippen molar-refractivity contribution in [1.82, 2.24) is 19.5 Å². The van der Waals surface area contributed by atoms with Crippen LogP contribution in [0.4, 0.5) is 5.82 Å². The fourth-order valence-corrected chi connectivity index (χ4v) is 3.04. The second kappa shape index (κ2) is 9.73. The maximum absolute atomic E-state index is 5.44. The van der Waals surface area contributed by atoms with E-state index in [0.29, 0.717) is 11.9 Å². The van der Waals surface area contributed by atoms with Crippen molar-refractivity contribution in [3.63, 3.8) is 0 Å². The number of methoxy groups -OCH3 is 1. The molecule has 3 aromatic rings. The van der Waals surface area contributed by atoms with Gasteiger partial charge in [-0.05, 0) is 37.0 Å². The molecule has 1 fully saturated rings. The zero-order valence-corrected chi connectivity index (χ0v) is 16.6. The van der Waals surface area contributed by atoms with E-state index in [0.717, 1.165) is 55.1 Å². The van der Waals surface area contributed by atoms with Gasteiger partial charge < -0.3 is 14.8 Å². The van der Waals surface area contributed by atoms with E-state index in [1.165, 1.54) is 0 Å². The lowest BCUT2D eigenvalue weighted by Gasteiger charge is -2.23. The summed E-state index contributed by atoms with van der Waals surface area (Å²) in [5.74, 6) is 2.81. The zero-order valence-electron chi connectivity index (χ0n) is 15.0. The molecule has 0 aliphatic carbocycles. The molecular weight excluding hydrogens is 389 g/mol. The molecular formula is C18H23Cl2N5O2. The lowest BCUT2D eigenvalue weighted by Crippen LogP contribution is -2.23. The standard InChI is InChI=1S/C18H21N5O2.2ClH/c1-24-14-2-3-16-15(10-14)17(20-11-13-4-8-25-9-5-13)22-18(21-16)23-7-6-19-12-23;;/h2-3,6-7,10,12-13H,4-5,8-9,11H2,1H3,(H,20,21,22);2*1H. The Labute approximate surface area is 170 Å². The van der Waals surface area contributed by atoms with Gasteiger partial charge in [-0.25, -0.2) is 9.97 Å². The number of hydrogen-bond donors (Lipinski definition) is 1. The van der Waals surface area contributed by atoms with Gasteiger partial charge in [-0.15, -0.1) is 24.8 Å². The number of nitrogens with one attached hydrogen (secondary N) is 1. The maximum Gasteiger partial charge on any atom is 0.237 e. The molecule has 1 aliphatic rings. The van der Waals surface area contributed by atoms with Gasteiger partial charge in [0.1, 0.15) is 17.9 Å². The molecule has 146 valence electrons.